The zero-order valence-electron chi connectivity index (χ0n) is 4.91. The maximum absolute atomic E-state index is 4.07. The summed E-state index contributed by atoms with van der Waals surface area (Å²) in [5.74, 6) is 0. The first-order chi connectivity index (χ1) is 4.47. The van der Waals surface area contributed by atoms with Crippen molar-refractivity contribution in [2.24, 2.45) is 9.98 Å². The predicted octanol–water partition coefficient (Wildman–Crippen LogP) is 0.966. The molecule has 0 aromatic heterocycles. The van der Waals surface area contributed by atoms with Gasteiger partial charge in [-0.25, -0.2) is 0 Å². The van der Waals surface area contributed by atoms with Crippen LogP contribution in [0.2, 0.25) is 0 Å². The van der Waals surface area contributed by atoms with Crippen LogP contribution in [-0.2, 0) is 0 Å². The molecule has 9 heavy (non-hydrogen) atoms. The Kier molecular flexibility index (Phi) is 0.859. The van der Waals surface area contributed by atoms with Crippen LogP contribution in [0.3, 0.4) is 0 Å². The van der Waals surface area contributed by atoms with E-state index in [-0.39, 0.29) is 0 Å². The van der Waals surface area contributed by atoms with Gasteiger partial charge in [-0.05, 0) is 0 Å². The molecule has 2 aliphatic rings. The standard InChI is InChI=1S/C7H6N2/c1-2-8-4-7-5-9-3-6(1)7/h1,3-5H,2H2. The number of rotatable bonds is 0. The smallest absolute Gasteiger partial charge is 0.0580 e. The Morgan fingerprint density at radius 2 is 2.22 bits per heavy atom. The van der Waals surface area contributed by atoms with Crippen LogP contribution in [-0.4, -0.2) is 19.0 Å². The van der Waals surface area contributed by atoms with E-state index in [9.17, 15) is 0 Å². The third-order valence-corrected chi connectivity index (χ3v) is 1.41. The molecule has 0 aliphatic carbocycles. The van der Waals surface area contributed by atoms with Crippen LogP contribution in [0.5, 0.6) is 0 Å². The van der Waals surface area contributed by atoms with E-state index in [1.54, 1.807) is 0 Å². The van der Waals surface area contributed by atoms with Crippen LogP contribution >= 0.6 is 0 Å². The number of aliphatic imine (C=N–C) groups is 2. The van der Waals surface area contributed by atoms with E-state index >= 15 is 0 Å². The summed E-state index contributed by atoms with van der Waals surface area (Å²) in [6, 6.07) is 0. The van der Waals surface area contributed by atoms with Crippen molar-refractivity contribution >= 4 is 12.4 Å². The first-order valence-corrected chi connectivity index (χ1v) is 2.90. The van der Waals surface area contributed by atoms with E-state index in [1.165, 1.54) is 5.57 Å². The van der Waals surface area contributed by atoms with Crippen LogP contribution in [0, 0.1) is 0 Å². The van der Waals surface area contributed by atoms with Gasteiger partial charge in [0.25, 0.3) is 0 Å². The molecule has 0 atom stereocenters. The number of allylic oxidation sites excluding steroid dienone is 2. The van der Waals surface area contributed by atoms with Crippen molar-refractivity contribution in [3.8, 4) is 0 Å². The summed E-state index contributed by atoms with van der Waals surface area (Å²) in [5, 5.41) is 0. The molecule has 0 aromatic carbocycles. The number of dihydropyridines is 1. The summed E-state index contributed by atoms with van der Waals surface area (Å²) >= 11 is 0. The lowest BCUT2D eigenvalue weighted by molar-refractivity contribution is 1.23. The summed E-state index contributed by atoms with van der Waals surface area (Å²) in [5.41, 5.74) is 2.35. The van der Waals surface area contributed by atoms with Crippen molar-refractivity contribution in [1.82, 2.24) is 0 Å². The summed E-state index contributed by atoms with van der Waals surface area (Å²) < 4.78 is 0. The molecule has 0 saturated carbocycles. The molecule has 2 aliphatic heterocycles. The molecule has 2 rings (SSSR count). The predicted molar refractivity (Wildman–Crippen MR) is 38.0 cm³/mol. The highest BCUT2D eigenvalue weighted by atomic mass is 14.8. The minimum absolute atomic E-state index is 0.804. The first kappa shape index (κ1) is 4.68. The van der Waals surface area contributed by atoms with Crippen LogP contribution in [0.1, 0.15) is 0 Å². The number of hydrogen-bond acceptors (Lipinski definition) is 2. The van der Waals surface area contributed by atoms with Crippen LogP contribution in [0.15, 0.2) is 33.4 Å². The zero-order valence-corrected chi connectivity index (χ0v) is 4.91. The largest absolute Gasteiger partial charge is 0.288 e. The zero-order chi connectivity index (χ0) is 6.10. The fraction of sp³-hybridized carbons (Fsp3) is 0.143. The molecular formula is C7H6N2. The SMILES string of the molecule is C1=NC=C2C=NCC=C12. The maximum atomic E-state index is 4.07. The van der Waals surface area contributed by atoms with Gasteiger partial charge in [-0.15, -0.1) is 0 Å². The topological polar surface area (TPSA) is 24.7 Å². The second-order valence-electron chi connectivity index (χ2n) is 2.02. The minimum atomic E-state index is 0.804. The average Bonchev–Trinajstić information content (AvgIpc) is 2.33. The Morgan fingerprint density at radius 3 is 3.11 bits per heavy atom. The van der Waals surface area contributed by atoms with Crippen LogP contribution in [0.4, 0.5) is 0 Å². The van der Waals surface area contributed by atoms with E-state index in [1.807, 2.05) is 18.6 Å². The minimum Gasteiger partial charge on any atom is -0.288 e. The molecule has 2 heterocycles. The van der Waals surface area contributed by atoms with E-state index < -0.39 is 0 Å². The Hall–Kier alpha value is -1.18. The van der Waals surface area contributed by atoms with E-state index in [2.05, 4.69) is 16.1 Å². The molecule has 0 aromatic rings. The second kappa shape index (κ2) is 1.65. The quantitative estimate of drug-likeness (QED) is 0.452. The van der Waals surface area contributed by atoms with Crippen molar-refractivity contribution in [1.29, 1.82) is 0 Å². The average molecular weight is 118 g/mol. The lowest BCUT2D eigenvalue weighted by atomic mass is 10.1. The molecule has 0 saturated heterocycles. The second-order valence-corrected chi connectivity index (χ2v) is 2.02. The van der Waals surface area contributed by atoms with Crippen molar-refractivity contribution in [2.75, 3.05) is 6.54 Å². The Morgan fingerprint density at radius 1 is 1.22 bits per heavy atom. The highest BCUT2D eigenvalue weighted by molar-refractivity contribution is 6.02. The van der Waals surface area contributed by atoms with Gasteiger partial charge in [0.05, 0.1) is 6.54 Å². The monoisotopic (exact) mass is 118 g/mol. The molecule has 44 valence electrons. The van der Waals surface area contributed by atoms with Crippen molar-refractivity contribution in [3.05, 3.63) is 23.4 Å². The van der Waals surface area contributed by atoms with Gasteiger partial charge in [-0.2, -0.15) is 0 Å². The number of fused-ring (bicyclic) bond motifs is 1. The van der Waals surface area contributed by atoms with Gasteiger partial charge in [0.2, 0.25) is 0 Å². The summed E-state index contributed by atoms with van der Waals surface area (Å²) in [4.78, 5) is 8.05. The van der Waals surface area contributed by atoms with Crippen molar-refractivity contribution in [2.45, 2.75) is 0 Å². The van der Waals surface area contributed by atoms with E-state index in [0.717, 1.165) is 12.1 Å². The molecular weight excluding hydrogens is 112 g/mol. The van der Waals surface area contributed by atoms with Gasteiger partial charge in [-0.3, -0.25) is 9.98 Å². The maximum Gasteiger partial charge on any atom is 0.0580 e. The van der Waals surface area contributed by atoms with Gasteiger partial charge in [0.15, 0.2) is 0 Å². The Balaban J connectivity index is 2.46. The van der Waals surface area contributed by atoms with Gasteiger partial charge < -0.3 is 0 Å². The van der Waals surface area contributed by atoms with Crippen molar-refractivity contribution < 1.29 is 0 Å². The molecule has 0 fully saturated rings. The van der Waals surface area contributed by atoms with Gasteiger partial charge in [-0.1, -0.05) is 6.08 Å². The first-order valence-electron chi connectivity index (χ1n) is 2.90. The van der Waals surface area contributed by atoms with Gasteiger partial charge in [0.1, 0.15) is 0 Å². The molecule has 0 spiro atoms. The lowest BCUT2D eigenvalue weighted by Gasteiger charge is -1.99. The number of nitrogens with zero attached hydrogens (tertiary/aromatic N) is 2. The molecule has 2 heteroatoms. The van der Waals surface area contributed by atoms with Crippen LogP contribution < -0.4 is 0 Å². The third kappa shape index (κ3) is 0.633. The number of hydrogen-bond donors (Lipinski definition) is 0. The van der Waals surface area contributed by atoms with Gasteiger partial charge >= 0.3 is 0 Å². The van der Waals surface area contributed by atoms with E-state index in [4.69, 9.17) is 0 Å². The summed E-state index contributed by atoms with van der Waals surface area (Å²) in [6.07, 6.45) is 7.62. The highest BCUT2D eigenvalue weighted by Crippen LogP contribution is 2.14. The lowest BCUT2D eigenvalue weighted by Crippen LogP contribution is -1.95. The summed E-state index contributed by atoms with van der Waals surface area (Å²) in [6.45, 7) is 0.804. The fourth-order valence-corrected chi connectivity index (χ4v) is 0.927. The molecule has 0 radical (unpaired) electrons. The normalized spacial score (nSPS) is 21.3. The molecule has 0 amide bonds. The molecule has 0 N–H and O–H groups in total. The molecule has 2 nitrogen and oxygen atoms in total. The fourth-order valence-electron chi connectivity index (χ4n) is 0.927. The highest BCUT2D eigenvalue weighted by Gasteiger charge is 2.06. The van der Waals surface area contributed by atoms with Crippen LogP contribution in [0.25, 0.3) is 0 Å². The van der Waals surface area contributed by atoms with E-state index in [0.29, 0.717) is 0 Å². The molecule has 0 unspecified atom stereocenters. The van der Waals surface area contributed by atoms with Gasteiger partial charge in [0, 0.05) is 29.8 Å². The molecule has 0 bridgehead atoms. The Labute approximate surface area is 53.3 Å². The van der Waals surface area contributed by atoms with Crippen molar-refractivity contribution in [3.63, 3.8) is 0 Å². The summed E-state index contributed by atoms with van der Waals surface area (Å²) in [7, 11) is 0. The third-order valence-electron chi connectivity index (χ3n) is 1.41. The Bertz CT molecular complexity index is 244.